The van der Waals surface area contributed by atoms with Crippen molar-refractivity contribution in [2.24, 2.45) is 0 Å². The van der Waals surface area contributed by atoms with Crippen LogP contribution in [0.15, 0.2) is 28.8 Å². The van der Waals surface area contributed by atoms with E-state index in [1.165, 1.54) is 0 Å². The topological polar surface area (TPSA) is 68.4 Å². The van der Waals surface area contributed by atoms with Gasteiger partial charge in [-0.25, -0.2) is 0 Å². The highest BCUT2D eigenvalue weighted by atomic mass is 16.5. The van der Waals surface area contributed by atoms with E-state index in [1.54, 1.807) is 13.0 Å². The maximum Gasteiger partial charge on any atom is 0.226 e. The van der Waals surface area contributed by atoms with Crippen LogP contribution in [0.3, 0.4) is 0 Å². The zero-order chi connectivity index (χ0) is 13.0. The molecule has 0 saturated carbocycles. The number of aryl methyl sites for hydroxylation is 1. The summed E-state index contributed by atoms with van der Waals surface area (Å²) >= 11 is 0. The monoisotopic (exact) mass is 248 g/mol. The molecule has 96 valence electrons. The van der Waals surface area contributed by atoms with Crippen molar-refractivity contribution in [2.75, 3.05) is 0 Å². The lowest BCUT2D eigenvalue weighted by molar-refractivity contribution is 0.198. The van der Waals surface area contributed by atoms with E-state index < -0.39 is 6.10 Å². The normalized spacial score (nSPS) is 12.4. The van der Waals surface area contributed by atoms with Gasteiger partial charge >= 0.3 is 0 Å². The van der Waals surface area contributed by atoms with Gasteiger partial charge in [-0.05, 0) is 24.6 Å². The molecule has 5 heteroatoms. The van der Waals surface area contributed by atoms with Crippen LogP contribution in [0.4, 0.5) is 0 Å². The van der Waals surface area contributed by atoms with Crippen LogP contribution >= 0.6 is 0 Å². The summed E-state index contributed by atoms with van der Waals surface area (Å²) in [5.74, 6) is 1.80. The van der Waals surface area contributed by atoms with Crippen LogP contribution < -0.4 is 4.74 Å². The Bertz CT molecular complexity index is 508. The van der Waals surface area contributed by atoms with Crippen LogP contribution in [0.5, 0.6) is 5.75 Å². The summed E-state index contributed by atoms with van der Waals surface area (Å²) < 4.78 is 10.5. The molecule has 5 nitrogen and oxygen atoms in total. The molecule has 1 atom stereocenters. The van der Waals surface area contributed by atoms with Gasteiger partial charge in [0.05, 0.1) is 6.10 Å². The van der Waals surface area contributed by atoms with Gasteiger partial charge in [0.2, 0.25) is 11.7 Å². The number of hydrogen-bond acceptors (Lipinski definition) is 5. The minimum absolute atomic E-state index is 0.257. The van der Waals surface area contributed by atoms with Gasteiger partial charge in [0.25, 0.3) is 0 Å². The molecule has 18 heavy (non-hydrogen) atoms. The Hall–Kier alpha value is -1.88. The number of aliphatic hydroxyl groups is 1. The SMILES string of the molecule is CCc1nc(COc2cccc([C@@H](C)O)c2)no1. The number of benzene rings is 1. The lowest BCUT2D eigenvalue weighted by atomic mass is 10.1. The van der Waals surface area contributed by atoms with E-state index in [-0.39, 0.29) is 6.61 Å². The summed E-state index contributed by atoms with van der Waals surface area (Å²) in [6.45, 7) is 3.92. The minimum Gasteiger partial charge on any atom is -0.485 e. The molecule has 0 aliphatic heterocycles. The van der Waals surface area contributed by atoms with Crippen molar-refractivity contribution < 1.29 is 14.4 Å². The molecule has 0 bridgehead atoms. The highest BCUT2D eigenvalue weighted by molar-refractivity contribution is 5.29. The molecule has 0 aliphatic carbocycles. The van der Waals surface area contributed by atoms with E-state index in [2.05, 4.69) is 10.1 Å². The van der Waals surface area contributed by atoms with Crippen LogP contribution in [0.1, 0.15) is 37.2 Å². The summed E-state index contributed by atoms with van der Waals surface area (Å²) in [5.41, 5.74) is 0.815. The average Bonchev–Trinajstić information content (AvgIpc) is 2.84. The fourth-order valence-corrected chi connectivity index (χ4v) is 1.50. The Balaban J connectivity index is 1.99. The summed E-state index contributed by atoms with van der Waals surface area (Å²) in [4.78, 5) is 4.15. The number of nitrogens with zero attached hydrogens (tertiary/aromatic N) is 2. The predicted molar refractivity (Wildman–Crippen MR) is 65.1 cm³/mol. The van der Waals surface area contributed by atoms with Gasteiger partial charge in [-0.3, -0.25) is 0 Å². The standard InChI is InChI=1S/C13H16N2O3/c1-3-13-14-12(15-18-13)8-17-11-6-4-5-10(7-11)9(2)16/h4-7,9,16H,3,8H2,1-2H3/t9-/m1/s1. The van der Waals surface area contributed by atoms with Gasteiger partial charge in [0.15, 0.2) is 6.61 Å². The zero-order valence-electron chi connectivity index (χ0n) is 10.5. The quantitative estimate of drug-likeness (QED) is 0.879. The zero-order valence-corrected chi connectivity index (χ0v) is 10.5. The van der Waals surface area contributed by atoms with Gasteiger partial charge in [-0.1, -0.05) is 24.2 Å². The van der Waals surface area contributed by atoms with Crippen molar-refractivity contribution >= 4 is 0 Å². The number of aliphatic hydroxyl groups excluding tert-OH is 1. The number of ether oxygens (including phenoxy) is 1. The second-order valence-corrected chi connectivity index (χ2v) is 4.00. The molecule has 0 amide bonds. The van der Waals surface area contributed by atoms with Crippen LogP contribution in [-0.4, -0.2) is 15.2 Å². The summed E-state index contributed by atoms with van der Waals surface area (Å²) in [6.07, 6.45) is 0.204. The van der Waals surface area contributed by atoms with Crippen LogP contribution in [0.25, 0.3) is 0 Å². The highest BCUT2D eigenvalue weighted by Gasteiger charge is 2.06. The van der Waals surface area contributed by atoms with Gasteiger partial charge in [0.1, 0.15) is 5.75 Å². The van der Waals surface area contributed by atoms with Crippen molar-refractivity contribution in [3.63, 3.8) is 0 Å². The molecule has 0 radical (unpaired) electrons. The largest absolute Gasteiger partial charge is 0.485 e. The molecule has 2 aromatic rings. The first-order valence-electron chi connectivity index (χ1n) is 5.91. The first-order valence-corrected chi connectivity index (χ1v) is 5.91. The smallest absolute Gasteiger partial charge is 0.226 e. The Morgan fingerprint density at radius 1 is 1.44 bits per heavy atom. The summed E-state index contributed by atoms with van der Waals surface area (Å²) in [7, 11) is 0. The maximum atomic E-state index is 9.47. The molecule has 1 heterocycles. The predicted octanol–water partition coefficient (Wildman–Crippen LogP) is 2.26. The first-order chi connectivity index (χ1) is 8.69. The van der Waals surface area contributed by atoms with Crippen LogP contribution in [0.2, 0.25) is 0 Å². The average molecular weight is 248 g/mol. The van der Waals surface area contributed by atoms with E-state index >= 15 is 0 Å². The molecule has 2 rings (SSSR count). The second-order valence-electron chi connectivity index (χ2n) is 4.00. The van der Waals surface area contributed by atoms with Gasteiger partial charge in [0, 0.05) is 6.42 Å². The Morgan fingerprint density at radius 2 is 2.28 bits per heavy atom. The molecular weight excluding hydrogens is 232 g/mol. The molecular formula is C13H16N2O3. The number of aromatic nitrogens is 2. The van der Waals surface area contributed by atoms with Crippen molar-refractivity contribution in [1.29, 1.82) is 0 Å². The lowest BCUT2D eigenvalue weighted by Gasteiger charge is -2.07. The van der Waals surface area contributed by atoms with E-state index in [1.807, 2.05) is 25.1 Å². The molecule has 0 aliphatic rings. The Kier molecular flexibility index (Phi) is 3.94. The molecule has 1 aromatic carbocycles. The molecule has 0 saturated heterocycles. The van der Waals surface area contributed by atoms with Gasteiger partial charge in [-0.2, -0.15) is 4.98 Å². The lowest BCUT2D eigenvalue weighted by Crippen LogP contribution is -1.99. The molecule has 0 spiro atoms. The highest BCUT2D eigenvalue weighted by Crippen LogP contribution is 2.19. The van der Waals surface area contributed by atoms with Crippen molar-refractivity contribution in [1.82, 2.24) is 10.1 Å². The first kappa shape index (κ1) is 12.6. The van der Waals surface area contributed by atoms with Crippen molar-refractivity contribution in [3.8, 4) is 5.75 Å². The molecule has 1 N–H and O–H groups in total. The van der Waals surface area contributed by atoms with E-state index in [4.69, 9.17) is 9.26 Å². The molecule has 1 aromatic heterocycles. The van der Waals surface area contributed by atoms with Crippen molar-refractivity contribution in [3.05, 3.63) is 41.5 Å². The summed E-state index contributed by atoms with van der Waals surface area (Å²) in [5, 5.41) is 13.3. The van der Waals surface area contributed by atoms with E-state index in [9.17, 15) is 5.11 Å². The minimum atomic E-state index is -0.509. The fourth-order valence-electron chi connectivity index (χ4n) is 1.50. The summed E-state index contributed by atoms with van der Waals surface area (Å²) in [6, 6.07) is 7.31. The van der Waals surface area contributed by atoms with Gasteiger partial charge in [-0.15, -0.1) is 0 Å². The third-order valence-corrected chi connectivity index (χ3v) is 2.52. The Labute approximate surface area is 105 Å². The number of hydrogen-bond donors (Lipinski definition) is 1. The van der Waals surface area contributed by atoms with Gasteiger partial charge < -0.3 is 14.4 Å². The number of rotatable bonds is 5. The Morgan fingerprint density at radius 3 is 2.94 bits per heavy atom. The molecule has 0 unspecified atom stereocenters. The third kappa shape index (κ3) is 3.07. The fraction of sp³-hybridized carbons (Fsp3) is 0.385. The van der Waals surface area contributed by atoms with Crippen molar-refractivity contribution in [2.45, 2.75) is 33.0 Å². The third-order valence-electron chi connectivity index (χ3n) is 2.52. The maximum absolute atomic E-state index is 9.47. The van der Waals surface area contributed by atoms with Crippen LogP contribution in [-0.2, 0) is 13.0 Å². The van der Waals surface area contributed by atoms with E-state index in [0.717, 1.165) is 5.56 Å². The van der Waals surface area contributed by atoms with Crippen LogP contribution in [0, 0.1) is 0 Å². The van der Waals surface area contributed by atoms with E-state index in [0.29, 0.717) is 23.9 Å². The second kappa shape index (κ2) is 5.64. The molecule has 0 fully saturated rings.